The Morgan fingerprint density at radius 3 is 2.31 bits per heavy atom. The number of hydrogen-bond acceptors (Lipinski definition) is 4. The van der Waals surface area contributed by atoms with E-state index in [1.54, 1.807) is 12.1 Å². The van der Waals surface area contributed by atoms with Gasteiger partial charge in [-0.3, -0.25) is 9.69 Å². The molecule has 0 unspecified atom stereocenters. The van der Waals surface area contributed by atoms with Crippen LogP contribution in [0.15, 0.2) is 29.2 Å². The Morgan fingerprint density at radius 2 is 1.69 bits per heavy atom. The number of aromatic nitrogens is 1. The van der Waals surface area contributed by atoms with Crippen LogP contribution in [0.3, 0.4) is 0 Å². The van der Waals surface area contributed by atoms with E-state index in [0.717, 1.165) is 22.5 Å². The molecule has 0 radical (unpaired) electrons. The molecule has 1 aliphatic carbocycles. The van der Waals surface area contributed by atoms with Gasteiger partial charge < -0.3 is 4.57 Å². The van der Waals surface area contributed by atoms with Crippen LogP contribution in [0.2, 0.25) is 5.02 Å². The van der Waals surface area contributed by atoms with Gasteiger partial charge in [-0.25, -0.2) is 8.42 Å². The van der Waals surface area contributed by atoms with Gasteiger partial charge in [0.05, 0.1) is 11.4 Å². The molecule has 2 aliphatic rings. The van der Waals surface area contributed by atoms with E-state index in [9.17, 15) is 13.2 Å². The van der Waals surface area contributed by atoms with Gasteiger partial charge in [0.15, 0.2) is 5.78 Å². The second kappa shape index (κ2) is 9.29. The molecule has 1 aliphatic heterocycles. The summed E-state index contributed by atoms with van der Waals surface area (Å²) in [6, 6.07) is 7.39. The Bertz CT molecular complexity index is 1110. The van der Waals surface area contributed by atoms with Crippen molar-refractivity contribution in [3.8, 4) is 0 Å². The van der Waals surface area contributed by atoms with Gasteiger partial charge in [-0.2, -0.15) is 4.31 Å². The number of hydrogen-bond donors (Lipinski definition) is 0. The number of Topliss-reactive ketones (excluding diaryl/α,β-unsaturated/α-hetero) is 1. The highest BCUT2D eigenvalue weighted by Gasteiger charge is 2.30. The van der Waals surface area contributed by atoms with E-state index in [0.29, 0.717) is 43.8 Å². The Balaban J connectivity index is 1.39. The summed E-state index contributed by atoms with van der Waals surface area (Å²) in [7, 11) is -3.59. The summed E-state index contributed by atoms with van der Waals surface area (Å²) in [5.41, 5.74) is 3.88. The summed E-state index contributed by atoms with van der Waals surface area (Å²) in [6.07, 6.45) is 4.89. The summed E-state index contributed by atoms with van der Waals surface area (Å²) in [6.45, 7) is 8.10. The van der Waals surface area contributed by atoms with Crippen LogP contribution < -0.4 is 0 Å². The van der Waals surface area contributed by atoms with Gasteiger partial charge in [-0.1, -0.05) is 30.5 Å². The molecular formula is C24H32ClN3O3S. The fourth-order valence-corrected chi connectivity index (χ4v) is 6.78. The zero-order chi connectivity index (χ0) is 23.0. The van der Waals surface area contributed by atoms with Crippen LogP contribution in [0.5, 0.6) is 0 Å². The first-order valence-electron chi connectivity index (χ1n) is 11.4. The number of rotatable bonds is 6. The van der Waals surface area contributed by atoms with E-state index < -0.39 is 10.0 Å². The number of aryl methyl sites for hydroxylation is 2. The molecule has 2 fully saturated rings. The number of carbonyl (C=O) groups excluding carboxylic acids is 1. The molecule has 6 nitrogen and oxygen atoms in total. The van der Waals surface area contributed by atoms with E-state index in [1.165, 1.54) is 36.1 Å². The molecule has 4 rings (SSSR count). The van der Waals surface area contributed by atoms with Crippen molar-refractivity contribution in [2.75, 3.05) is 32.7 Å². The van der Waals surface area contributed by atoms with Gasteiger partial charge >= 0.3 is 0 Å². The molecule has 0 amide bonds. The molecule has 1 aromatic carbocycles. The lowest BCUT2D eigenvalue weighted by molar-refractivity contribution is 0.0901. The molecule has 174 valence electrons. The average molecular weight is 478 g/mol. The van der Waals surface area contributed by atoms with Gasteiger partial charge in [0.2, 0.25) is 10.0 Å². The van der Waals surface area contributed by atoms with Crippen LogP contribution in [-0.4, -0.2) is 60.7 Å². The van der Waals surface area contributed by atoms with Crippen molar-refractivity contribution in [2.24, 2.45) is 0 Å². The van der Waals surface area contributed by atoms with Crippen molar-refractivity contribution < 1.29 is 13.2 Å². The predicted octanol–water partition coefficient (Wildman–Crippen LogP) is 4.37. The van der Waals surface area contributed by atoms with E-state index in [1.807, 2.05) is 13.0 Å². The van der Waals surface area contributed by atoms with Crippen LogP contribution >= 0.6 is 11.6 Å². The highest BCUT2D eigenvalue weighted by Crippen LogP contribution is 2.33. The first kappa shape index (κ1) is 23.5. The number of carbonyl (C=O) groups is 1. The molecule has 32 heavy (non-hydrogen) atoms. The minimum Gasteiger partial charge on any atom is -0.345 e. The Hall–Kier alpha value is -1.67. The maximum absolute atomic E-state index is 13.1. The molecule has 1 saturated heterocycles. The molecule has 2 heterocycles. The van der Waals surface area contributed by atoms with Gasteiger partial charge in [-0.05, 0) is 57.4 Å². The van der Waals surface area contributed by atoms with Crippen LogP contribution in [0.25, 0.3) is 0 Å². The summed E-state index contributed by atoms with van der Waals surface area (Å²) in [5, 5.41) is 0.450. The maximum atomic E-state index is 13.1. The number of piperazine rings is 1. The zero-order valence-electron chi connectivity index (χ0n) is 19.1. The SMILES string of the molecule is Cc1ccc(S(=O)(=O)N2CCN(CC(=O)c3cc(C)n(C4CCCC4)c3C)CC2)cc1Cl. The minimum atomic E-state index is -3.59. The third-order valence-corrected chi connectivity index (χ3v) is 9.26. The molecule has 8 heteroatoms. The Labute approximate surface area is 196 Å². The van der Waals surface area contributed by atoms with Crippen LogP contribution in [0, 0.1) is 20.8 Å². The monoisotopic (exact) mass is 477 g/mol. The highest BCUT2D eigenvalue weighted by atomic mass is 35.5. The zero-order valence-corrected chi connectivity index (χ0v) is 20.7. The molecule has 0 N–H and O–H groups in total. The lowest BCUT2D eigenvalue weighted by atomic mass is 10.1. The van der Waals surface area contributed by atoms with Crippen molar-refractivity contribution in [3.05, 3.63) is 51.8 Å². The van der Waals surface area contributed by atoms with E-state index in [4.69, 9.17) is 11.6 Å². The number of sulfonamides is 1. The average Bonchev–Trinajstić information content (AvgIpc) is 3.38. The van der Waals surface area contributed by atoms with Crippen LogP contribution in [-0.2, 0) is 10.0 Å². The predicted molar refractivity (Wildman–Crippen MR) is 127 cm³/mol. The summed E-state index contributed by atoms with van der Waals surface area (Å²) in [4.78, 5) is 15.4. The van der Waals surface area contributed by atoms with Crippen molar-refractivity contribution >= 4 is 27.4 Å². The Kier molecular flexibility index (Phi) is 6.82. The van der Waals surface area contributed by atoms with Crippen molar-refractivity contribution in [3.63, 3.8) is 0 Å². The second-order valence-electron chi connectivity index (χ2n) is 9.11. The summed E-state index contributed by atoms with van der Waals surface area (Å²) >= 11 is 6.13. The Morgan fingerprint density at radius 1 is 1.03 bits per heavy atom. The van der Waals surface area contributed by atoms with E-state index >= 15 is 0 Å². The highest BCUT2D eigenvalue weighted by molar-refractivity contribution is 7.89. The van der Waals surface area contributed by atoms with Crippen LogP contribution in [0.1, 0.15) is 59.0 Å². The topological polar surface area (TPSA) is 62.6 Å². The number of ketones is 1. The minimum absolute atomic E-state index is 0.115. The van der Waals surface area contributed by atoms with Gasteiger partial charge in [0.1, 0.15) is 0 Å². The smallest absolute Gasteiger partial charge is 0.243 e. The number of halogens is 1. The number of benzene rings is 1. The van der Waals surface area contributed by atoms with Gasteiger partial charge in [0.25, 0.3) is 0 Å². The first-order chi connectivity index (χ1) is 15.2. The lowest BCUT2D eigenvalue weighted by Crippen LogP contribution is -2.49. The fraction of sp³-hybridized carbons (Fsp3) is 0.542. The third kappa shape index (κ3) is 4.53. The standard InChI is InChI=1S/C24H32ClN3O3S/c1-17-8-9-21(15-23(17)25)32(30,31)27-12-10-26(11-13-27)16-24(29)22-14-18(2)28(19(22)3)20-6-4-5-7-20/h8-9,14-15,20H,4-7,10-13,16H2,1-3H3. The molecule has 2 aromatic rings. The maximum Gasteiger partial charge on any atom is 0.243 e. The van der Waals surface area contributed by atoms with Gasteiger partial charge in [-0.15, -0.1) is 0 Å². The number of nitrogens with zero attached hydrogens (tertiary/aromatic N) is 3. The quantitative estimate of drug-likeness (QED) is 0.579. The molecule has 0 bridgehead atoms. The lowest BCUT2D eigenvalue weighted by Gasteiger charge is -2.33. The molecule has 0 spiro atoms. The van der Waals surface area contributed by atoms with Gasteiger partial charge in [0, 0.05) is 54.2 Å². The summed E-state index contributed by atoms with van der Waals surface area (Å²) in [5.74, 6) is 0.115. The fourth-order valence-electron chi connectivity index (χ4n) is 5.08. The van der Waals surface area contributed by atoms with E-state index in [-0.39, 0.29) is 10.7 Å². The first-order valence-corrected chi connectivity index (χ1v) is 13.2. The molecule has 1 aromatic heterocycles. The van der Waals surface area contributed by atoms with Crippen molar-refractivity contribution in [2.45, 2.75) is 57.4 Å². The summed E-state index contributed by atoms with van der Waals surface area (Å²) < 4.78 is 29.8. The largest absolute Gasteiger partial charge is 0.345 e. The second-order valence-corrected chi connectivity index (χ2v) is 11.5. The van der Waals surface area contributed by atoms with Crippen molar-refractivity contribution in [1.82, 2.24) is 13.8 Å². The molecular weight excluding hydrogens is 446 g/mol. The molecule has 0 atom stereocenters. The molecule has 1 saturated carbocycles. The van der Waals surface area contributed by atoms with E-state index in [2.05, 4.69) is 23.3 Å². The van der Waals surface area contributed by atoms with Crippen molar-refractivity contribution in [1.29, 1.82) is 0 Å². The van der Waals surface area contributed by atoms with Crippen LogP contribution in [0.4, 0.5) is 0 Å². The normalized spacial score (nSPS) is 19.0. The third-order valence-electron chi connectivity index (χ3n) is 6.95.